The zero-order valence-corrected chi connectivity index (χ0v) is 17.7. The van der Waals surface area contributed by atoms with Crippen LogP contribution in [0.25, 0.3) is 0 Å². The SMILES string of the molecule is COc1cccc(NC(=O)COc2ccc(C(=O)NCc3ncnn3C(C)C)cc2)c1. The van der Waals surface area contributed by atoms with Crippen molar-refractivity contribution in [1.29, 1.82) is 0 Å². The molecule has 2 N–H and O–H groups in total. The van der Waals surface area contributed by atoms with E-state index in [4.69, 9.17) is 9.47 Å². The van der Waals surface area contributed by atoms with Crippen LogP contribution in [-0.2, 0) is 11.3 Å². The van der Waals surface area contributed by atoms with Gasteiger partial charge in [-0.3, -0.25) is 9.59 Å². The highest BCUT2D eigenvalue weighted by molar-refractivity contribution is 5.94. The third-order valence-electron chi connectivity index (χ3n) is 4.38. The van der Waals surface area contributed by atoms with Crippen LogP contribution in [0.1, 0.15) is 36.1 Å². The van der Waals surface area contributed by atoms with Crippen molar-refractivity contribution >= 4 is 17.5 Å². The average molecular weight is 423 g/mol. The summed E-state index contributed by atoms with van der Waals surface area (Å²) in [6.45, 7) is 4.11. The number of benzene rings is 2. The molecule has 0 aliphatic heterocycles. The van der Waals surface area contributed by atoms with Gasteiger partial charge in [0.05, 0.1) is 13.7 Å². The molecule has 0 atom stereocenters. The van der Waals surface area contributed by atoms with Crippen LogP contribution in [0.3, 0.4) is 0 Å². The number of methoxy groups -OCH3 is 1. The van der Waals surface area contributed by atoms with Gasteiger partial charge in [0.1, 0.15) is 23.7 Å². The molecule has 0 spiro atoms. The molecule has 3 aromatic rings. The van der Waals surface area contributed by atoms with Crippen molar-refractivity contribution in [2.45, 2.75) is 26.4 Å². The van der Waals surface area contributed by atoms with Gasteiger partial charge in [0.2, 0.25) is 0 Å². The van der Waals surface area contributed by atoms with Gasteiger partial charge in [0, 0.05) is 23.4 Å². The second-order valence-electron chi connectivity index (χ2n) is 6.99. The number of nitrogens with zero attached hydrogens (tertiary/aromatic N) is 3. The largest absolute Gasteiger partial charge is 0.497 e. The molecule has 0 aliphatic carbocycles. The van der Waals surface area contributed by atoms with Gasteiger partial charge in [0.25, 0.3) is 11.8 Å². The summed E-state index contributed by atoms with van der Waals surface area (Å²) in [5.41, 5.74) is 1.09. The van der Waals surface area contributed by atoms with Gasteiger partial charge < -0.3 is 20.1 Å². The van der Waals surface area contributed by atoms with Crippen molar-refractivity contribution in [3.8, 4) is 11.5 Å². The number of anilines is 1. The fraction of sp³-hybridized carbons (Fsp3) is 0.273. The third-order valence-corrected chi connectivity index (χ3v) is 4.38. The van der Waals surface area contributed by atoms with Crippen LogP contribution in [0.4, 0.5) is 5.69 Å². The Morgan fingerprint density at radius 1 is 1.10 bits per heavy atom. The molecule has 3 rings (SSSR count). The van der Waals surface area contributed by atoms with Crippen LogP contribution < -0.4 is 20.1 Å². The van der Waals surface area contributed by atoms with Crippen molar-refractivity contribution in [2.75, 3.05) is 19.0 Å². The Kier molecular flexibility index (Phi) is 7.21. The fourth-order valence-electron chi connectivity index (χ4n) is 2.84. The van der Waals surface area contributed by atoms with E-state index in [-0.39, 0.29) is 31.0 Å². The second-order valence-corrected chi connectivity index (χ2v) is 6.99. The van der Waals surface area contributed by atoms with Gasteiger partial charge in [-0.2, -0.15) is 5.10 Å². The van der Waals surface area contributed by atoms with Crippen LogP contribution >= 0.6 is 0 Å². The van der Waals surface area contributed by atoms with E-state index in [1.807, 2.05) is 13.8 Å². The maximum absolute atomic E-state index is 12.4. The Labute approximate surface area is 180 Å². The van der Waals surface area contributed by atoms with E-state index in [9.17, 15) is 9.59 Å². The molecule has 2 aromatic carbocycles. The molecule has 0 saturated carbocycles. The zero-order chi connectivity index (χ0) is 22.2. The lowest BCUT2D eigenvalue weighted by Crippen LogP contribution is -2.25. The molecule has 162 valence electrons. The third kappa shape index (κ3) is 6.05. The smallest absolute Gasteiger partial charge is 0.262 e. The van der Waals surface area contributed by atoms with Gasteiger partial charge in [-0.15, -0.1) is 0 Å². The summed E-state index contributed by atoms with van der Waals surface area (Å²) in [7, 11) is 1.56. The molecule has 9 nitrogen and oxygen atoms in total. The first kappa shape index (κ1) is 21.8. The molecule has 1 heterocycles. The molecule has 0 unspecified atom stereocenters. The lowest BCUT2D eigenvalue weighted by atomic mass is 10.2. The van der Waals surface area contributed by atoms with E-state index in [1.165, 1.54) is 6.33 Å². The molecule has 0 aliphatic rings. The van der Waals surface area contributed by atoms with E-state index < -0.39 is 0 Å². The van der Waals surface area contributed by atoms with Crippen molar-refractivity contribution < 1.29 is 19.1 Å². The quantitative estimate of drug-likeness (QED) is 0.548. The Bertz CT molecular complexity index is 1030. The second kappa shape index (κ2) is 10.2. The van der Waals surface area contributed by atoms with E-state index in [1.54, 1.807) is 60.3 Å². The van der Waals surface area contributed by atoms with Crippen LogP contribution in [0.5, 0.6) is 11.5 Å². The number of hydrogen-bond donors (Lipinski definition) is 2. The maximum Gasteiger partial charge on any atom is 0.262 e. The van der Waals surface area contributed by atoms with Gasteiger partial charge in [-0.05, 0) is 50.2 Å². The van der Waals surface area contributed by atoms with Crippen molar-refractivity contribution in [3.63, 3.8) is 0 Å². The Balaban J connectivity index is 1.48. The first-order valence-corrected chi connectivity index (χ1v) is 9.79. The van der Waals surface area contributed by atoms with E-state index in [0.717, 1.165) is 0 Å². The molecule has 1 aromatic heterocycles. The van der Waals surface area contributed by atoms with Crippen LogP contribution in [0.15, 0.2) is 54.9 Å². The number of ether oxygens (including phenoxy) is 2. The molecule has 31 heavy (non-hydrogen) atoms. The normalized spacial score (nSPS) is 10.6. The van der Waals surface area contributed by atoms with E-state index in [0.29, 0.717) is 28.6 Å². The number of hydrogen-bond acceptors (Lipinski definition) is 6. The minimum absolute atomic E-state index is 0.159. The lowest BCUT2D eigenvalue weighted by molar-refractivity contribution is -0.118. The summed E-state index contributed by atoms with van der Waals surface area (Å²) < 4.78 is 12.4. The zero-order valence-electron chi connectivity index (χ0n) is 17.7. The summed E-state index contributed by atoms with van der Waals surface area (Å²) in [5.74, 6) is 1.28. The molecule has 0 fully saturated rings. The average Bonchev–Trinajstić information content (AvgIpc) is 3.25. The van der Waals surface area contributed by atoms with Gasteiger partial charge >= 0.3 is 0 Å². The van der Waals surface area contributed by atoms with Gasteiger partial charge in [0.15, 0.2) is 6.61 Å². The topological polar surface area (TPSA) is 107 Å². The fourth-order valence-corrected chi connectivity index (χ4v) is 2.84. The highest BCUT2D eigenvalue weighted by Gasteiger charge is 2.11. The highest BCUT2D eigenvalue weighted by atomic mass is 16.5. The highest BCUT2D eigenvalue weighted by Crippen LogP contribution is 2.17. The number of nitrogens with one attached hydrogen (secondary N) is 2. The van der Waals surface area contributed by atoms with Gasteiger partial charge in [-0.1, -0.05) is 6.07 Å². The predicted molar refractivity (Wildman–Crippen MR) is 115 cm³/mol. The Morgan fingerprint density at radius 2 is 1.87 bits per heavy atom. The number of carbonyl (C=O) groups excluding carboxylic acids is 2. The monoisotopic (exact) mass is 423 g/mol. The molecular formula is C22H25N5O4. The number of carbonyl (C=O) groups is 2. The minimum atomic E-state index is -0.302. The minimum Gasteiger partial charge on any atom is -0.497 e. The Hall–Kier alpha value is -3.88. The summed E-state index contributed by atoms with van der Waals surface area (Å²) in [6, 6.07) is 13.8. The standard InChI is InChI=1S/C22H25N5O4/c1-15(2)27-20(24-14-25-27)12-23-22(29)16-7-9-18(10-8-16)31-13-21(28)26-17-5-4-6-19(11-17)30-3/h4-11,14-15H,12-13H2,1-3H3,(H,23,29)(H,26,28). The van der Waals surface area contributed by atoms with Gasteiger partial charge in [-0.25, -0.2) is 9.67 Å². The predicted octanol–water partition coefficient (Wildman–Crippen LogP) is 2.82. The van der Waals surface area contributed by atoms with Crippen molar-refractivity contribution in [1.82, 2.24) is 20.1 Å². The maximum atomic E-state index is 12.4. The molecule has 0 saturated heterocycles. The summed E-state index contributed by atoms with van der Waals surface area (Å²) in [5, 5.41) is 9.71. The molecule has 9 heteroatoms. The summed E-state index contributed by atoms with van der Waals surface area (Å²) in [4.78, 5) is 28.6. The summed E-state index contributed by atoms with van der Waals surface area (Å²) >= 11 is 0. The lowest BCUT2D eigenvalue weighted by Gasteiger charge is -2.11. The molecule has 0 bridgehead atoms. The molecule has 0 radical (unpaired) electrons. The van der Waals surface area contributed by atoms with E-state index in [2.05, 4.69) is 20.7 Å². The van der Waals surface area contributed by atoms with Crippen molar-refractivity contribution in [2.24, 2.45) is 0 Å². The van der Waals surface area contributed by atoms with Crippen molar-refractivity contribution in [3.05, 3.63) is 66.2 Å². The van der Waals surface area contributed by atoms with Crippen LogP contribution in [0, 0.1) is 0 Å². The summed E-state index contributed by atoms with van der Waals surface area (Å²) in [6.07, 6.45) is 1.47. The van der Waals surface area contributed by atoms with Crippen LogP contribution in [0.2, 0.25) is 0 Å². The molecule has 2 amide bonds. The first-order valence-electron chi connectivity index (χ1n) is 9.79. The van der Waals surface area contributed by atoms with Crippen LogP contribution in [-0.4, -0.2) is 40.3 Å². The Morgan fingerprint density at radius 3 is 2.58 bits per heavy atom. The first-order chi connectivity index (χ1) is 15.0. The number of amides is 2. The van der Waals surface area contributed by atoms with E-state index >= 15 is 0 Å². The molecular weight excluding hydrogens is 398 g/mol. The number of rotatable bonds is 9. The number of aromatic nitrogens is 3.